The van der Waals surface area contributed by atoms with Gasteiger partial charge in [0.05, 0.1) is 17.4 Å². The van der Waals surface area contributed by atoms with E-state index in [2.05, 4.69) is 21.0 Å². The fourth-order valence-electron chi connectivity index (χ4n) is 1.77. The van der Waals surface area contributed by atoms with Crippen molar-refractivity contribution in [3.63, 3.8) is 0 Å². The van der Waals surface area contributed by atoms with Gasteiger partial charge in [0.2, 0.25) is 0 Å². The molecule has 0 amide bonds. The molecule has 0 fully saturated rings. The summed E-state index contributed by atoms with van der Waals surface area (Å²) in [5, 5.41) is 3.53. The summed E-state index contributed by atoms with van der Waals surface area (Å²) in [6.45, 7) is 0. The van der Waals surface area contributed by atoms with Crippen LogP contribution in [0.4, 0.5) is 26.3 Å². The minimum absolute atomic E-state index is 0.0670. The van der Waals surface area contributed by atoms with Gasteiger partial charge in [0.15, 0.2) is 5.69 Å². The summed E-state index contributed by atoms with van der Waals surface area (Å²) in [5.74, 6) is 0. The van der Waals surface area contributed by atoms with E-state index in [1.54, 1.807) is 0 Å². The summed E-state index contributed by atoms with van der Waals surface area (Å²) in [5.41, 5.74) is -2.14. The number of hydrogen-bond donors (Lipinski definition) is 0. The van der Waals surface area contributed by atoms with Crippen LogP contribution >= 0.6 is 15.9 Å². The Morgan fingerprint density at radius 3 is 1.95 bits per heavy atom. The molecule has 0 radical (unpaired) electrons. The zero-order valence-corrected chi connectivity index (χ0v) is 11.7. The highest BCUT2D eigenvalue weighted by Gasteiger charge is 2.38. The Morgan fingerprint density at radius 2 is 1.52 bits per heavy atom. The van der Waals surface area contributed by atoms with Crippen molar-refractivity contribution in [3.8, 4) is 5.69 Å². The molecule has 21 heavy (non-hydrogen) atoms. The lowest BCUT2D eigenvalue weighted by Gasteiger charge is -2.13. The molecule has 0 N–H and O–H groups in total. The van der Waals surface area contributed by atoms with Gasteiger partial charge in [-0.25, -0.2) is 4.68 Å². The average Bonchev–Trinajstić information content (AvgIpc) is 2.81. The first-order valence-corrected chi connectivity index (χ1v) is 6.64. The van der Waals surface area contributed by atoms with Crippen LogP contribution in [0, 0.1) is 0 Å². The van der Waals surface area contributed by atoms with E-state index in [4.69, 9.17) is 0 Å². The molecule has 0 atom stereocenters. The normalized spacial score (nSPS) is 12.7. The number of halogens is 7. The molecule has 0 unspecified atom stereocenters. The highest BCUT2D eigenvalue weighted by atomic mass is 79.9. The second-order valence-electron chi connectivity index (χ2n) is 4.11. The topological polar surface area (TPSA) is 17.8 Å². The van der Waals surface area contributed by atoms with Crippen LogP contribution in [-0.4, -0.2) is 9.78 Å². The van der Waals surface area contributed by atoms with Crippen molar-refractivity contribution >= 4 is 15.9 Å². The van der Waals surface area contributed by atoms with Gasteiger partial charge in [0.25, 0.3) is 0 Å². The lowest BCUT2D eigenvalue weighted by molar-refractivity contribution is -0.143. The van der Waals surface area contributed by atoms with Crippen LogP contribution in [0.1, 0.15) is 16.8 Å². The molecule has 0 aliphatic rings. The highest BCUT2D eigenvalue weighted by Crippen LogP contribution is 2.35. The van der Waals surface area contributed by atoms with Crippen molar-refractivity contribution in [3.05, 3.63) is 47.3 Å². The van der Waals surface area contributed by atoms with Crippen LogP contribution in [0.3, 0.4) is 0 Å². The van der Waals surface area contributed by atoms with Crippen LogP contribution < -0.4 is 0 Å². The number of benzene rings is 1. The van der Waals surface area contributed by atoms with E-state index in [9.17, 15) is 26.3 Å². The third kappa shape index (κ3) is 3.22. The number of aromatic nitrogens is 2. The lowest BCUT2D eigenvalue weighted by Crippen LogP contribution is -2.15. The van der Waals surface area contributed by atoms with Gasteiger partial charge in [-0.2, -0.15) is 31.4 Å². The predicted octanol–water partition coefficient (Wildman–Crippen LogP) is 4.80. The molecule has 2 rings (SSSR count). The van der Waals surface area contributed by atoms with Gasteiger partial charge in [0.1, 0.15) is 0 Å². The summed E-state index contributed by atoms with van der Waals surface area (Å²) in [6, 6.07) is 3.32. The molecule has 0 bridgehead atoms. The summed E-state index contributed by atoms with van der Waals surface area (Å²) in [4.78, 5) is 0. The molecular weight excluding hydrogens is 366 g/mol. The van der Waals surface area contributed by atoms with Crippen molar-refractivity contribution < 1.29 is 26.3 Å². The van der Waals surface area contributed by atoms with Crippen molar-refractivity contribution in [1.82, 2.24) is 9.78 Å². The van der Waals surface area contributed by atoms with Gasteiger partial charge in [-0.1, -0.05) is 15.9 Å². The van der Waals surface area contributed by atoms with Crippen LogP contribution in [0.25, 0.3) is 5.69 Å². The smallest absolute Gasteiger partial charge is 0.228 e. The summed E-state index contributed by atoms with van der Waals surface area (Å²) in [6.07, 6.45) is -8.19. The van der Waals surface area contributed by atoms with E-state index in [-0.39, 0.29) is 16.6 Å². The van der Waals surface area contributed by atoms with Crippen LogP contribution in [-0.2, 0) is 17.7 Å². The van der Waals surface area contributed by atoms with E-state index in [0.717, 1.165) is 18.3 Å². The molecule has 2 aromatic rings. The third-order valence-corrected chi connectivity index (χ3v) is 3.30. The first-order chi connectivity index (χ1) is 9.64. The van der Waals surface area contributed by atoms with Gasteiger partial charge >= 0.3 is 12.4 Å². The Bertz CT molecular complexity index is 627. The Morgan fingerprint density at radius 1 is 0.952 bits per heavy atom. The van der Waals surface area contributed by atoms with Gasteiger partial charge in [0, 0.05) is 10.9 Å². The monoisotopic (exact) mass is 372 g/mol. The maximum absolute atomic E-state index is 13.0. The molecule has 9 heteroatoms. The molecule has 0 saturated heterocycles. The van der Waals surface area contributed by atoms with Crippen molar-refractivity contribution in [2.24, 2.45) is 0 Å². The van der Waals surface area contributed by atoms with Crippen LogP contribution in [0.5, 0.6) is 0 Å². The first kappa shape index (κ1) is 15.9. The summed E-state index contributed by atoms with van der Waals surface area (Å²) < 4.78 is 77.0. The second-order valence-corrected chi connectivity index (χ2v) is 4.67. The maximum Gasteiger partial charge on any atom is 0.433 e. The SMILES string of the molecule is FC(F)(F)c1ccc(-n2ncc(CBr)c2C(F)(F)F)cc1. The number of hydrogen-bond acceptors (Lipinski definition) is 1. The minimum Gasteiger partial charge on any atom is -0.228 e. The molecule has 2 nitrogen and oxygen atoms in total. The predicted molar refractivity (Wildman–Crippen MR) is 66.2 cm³/mol. The molecule has 0 aliphatic carbocycles. The molecule has 0 aliphatic heterocycles. The third-order valence-electron chi connectivity index (χ3n) is 2.70. The first-order valence-electron chi connectivity index (χ1n) is 5.52. The largest absolute Gasteiger partial charge is 0.433 e. The maximum atomic E-state index is 13.0. The van der Waals surface area contributed by atoms with Crippen molar-refractivity contribution in [2.45, 2.75) is 17.7 Å². The van der Waals surface area contributed by atoms with Gasteiger partial charge < -0.3 is 0 Å². The van der Waals surface area contributed by atoms with Crippen LogP contribution in [0.15, 0.2) is 30.5 Å². The Labute approximate surface area is 123 Å². The zero-order valence-electron chi connectivity index (χ0n) is 10.1. The highest BCUT2D eigenvalue weighted by molar-refractivity contribution is 9.08. The number of rotatable bonds is 2. The Kier molecular flexibility index (Phi) is 4.05. The van der Waals surface area contributed by atoms with Gasteiger partial charge in [-0.05, 0) is 24.3 Å². The van der Waals surface area contributed by atoms with Gasteiger partial charge in [-0.3, -0.25) is 0 Å². The molecule has 1 aromatic carbocycles. The fourth-order valence-corrected chi connectivity index (χ4v) is 2.18. The van der Waals surface area contributed by atoms with E-state index < -0.39 is 23.6 Å². The quantitative estimate of drug-likeness (QED) is 0.546. The van der Waals surface area contributed by atoms with E-state index in [1.165, 1.54) is 0 Å². The lowest BCUT2D eigenvalue weighted by atomic mass is 10.2. The summed E-state index contributed by atoms with van der Waals surface area (Å²) >= 11 is 2.92. The molecule has 1 aromatic heterocycles. The second kappa shape index (κ2) is 5.36. The van der Waals surface area contributed by atoms with Crippen molar-refractivity contribution in [2.75, 3.05) is 0 Å². The number of alkyl halides is 7. The molecule has 114 valence electrons. The molecule has 0 spiro atoms. The molecular formula is C12H7BrF6N2. The minimum atomic E-state index is -4.66. The molecule has 0 saturated carbocycles. The standard InChI is InChI=1S/C12H7BrF6N2/c13-5-7-6-20-21(10(7)12(17,18)19)9-3-1-8(2-4-9)11(14,15)16/h1-4,6H,5H2. The van der Waals surface area contributed by atoms with Gasteiger partial charge in [-0.15, -0.1) is 0 Å². The van der Waals surface area contributed by atoms with E-state index in [1.807, 2.05) is 0 Å². The number of nitrogens with zero attached hydrogens (tertiary/aromatic N) is 2. The average molecular weight is 373 g/mol. The molecule has 1 heterocycles. The van der Waals surface area contributed by atoms with E-state index in [0.29, 0.717) is 16.8 Å². The Balaban J connectivity index is 2.50. The zero-order chi connectivity index (χ0) is 15.8. The Hall–Kier alpha value is -1.51. The van der Waals surface area contributed by atoms with Crippen LogP contribution in [0.2, 0.25) is 0 Å². The summed E-state index contributed by atoms with van der Waals surface area (Å²) in [7, 11) is 0. The van der Waals surface area contributed by atoms with E-state index >= 15 is 0 Å². The fraction of sp³-hybridized carbons (Fsp3) is 0.250. The van der Waals surface area contributed by atoms with Crippen molar-refractivity contribution in [1.29, 1.82) is 0 Å².